The van der Waals surface area contributed by atoms with E-state index in [0.717, 1.165) is 48.9 Å². The Labute approximate surface area is 173 Å². The van der Waals surface area contributed by atoms with Crippen LogP contribution in [0.4, 0.5) is 0 Å². The maximum Gasteiger partial charge on any atom is 0.257 e. The summed E-state index contributed by atoms with van der Waals surface area (Å²) in [7, 11) is 3.46. The van der Waals surface area contributed by atoms with E-state index in [-0.39, 0.29) is 5.91 Å². The van der Waals surface area contributed by atoms with Gasteiger partial charge in [0, 0.05) is 14.1 Å². The van der Waals surface area contributed by atoms with Crippen LogP contribution in [-0.4, -0.2) is 32.2 Å². The summed E-state index contributed by atoms with van der Waals surface area (Å²) in [5, 5.41) is 12.0. The van der Waals surface area contributed by atoms with Crippen LogP contribution in [0.1, 0.15) is 31.7 Å². The Kier molecular flexibility index (Phi) is 15.2. The number of unbranched alkanes of at least 4 members (excludes halogenated alkanes) is 1. The number of carbonyl (C=O) groups excluding carboxylic acids is 1. The number of likely N-dealkylation sites (N-methyl/N-ethyl adjacent to an activating group) is 1. The van der Waals surface area contributed by atoms with Gasteiger partial charge < -0.3 is 20.8 Å². The van der Waals surface area contributed by atoms with Crippen LogP contribution in [0.25, 0.3) is 0 Å². The molecule has 0 heterocycles. The molecule has 1 amide bonds. The smallest absolute Gasteiger partial charge is 0.257 e. The molecule has 0 aromatic heterocycles. The second kappa shape index (κ2) is 16.7. The molecular weight excluding hydrogens is 370 g/mol. The predicted molar refractivity (Wildman–Crippen MR) is 122 cm³/mol. The molecule has 3 N–H and O–H groups in total. The van der Waals surface area contributed by atoms with Crippen LogP contribution in [0.15, 0.2) is 59.7 Å². The van der Waals surface area contributed by atoms with Gasteiger partial charge in [-0.1, -0.05) is 55.1 Å². The number of ether oxygens (including phenoxy) is 1. The number of aryl methyl sites for hydroxylation is 1. The molecule has 28 heavy (non-hydrogen) atoms. The SMILES string of the molecule is C=C(SC=N)C(=O)NC.CCC(/C=C\CCCOc1ccc(C)cc1)=C/NC. The normalized spacial score (nSPS) is 10.6. The van der Waals surface area contributed by atoms with Crippen molar-refractivity contribution in [3.05, 3.63) is 65.2 Å². The van der Waals surface area contributed by atoms with Gasteiger partial charge in [-0.15, -0.1) is 0 Å². The Morgan fingerprint density at radius 3 is 2.50 bits per heavy atom. The highest BCUT2D eigenvalue weighted by molar-refractivity contribution is 8.16. The lowest BCUT2D eigenvalue weighted by molar-refractivity contribution is -0.116. The van der Waals surface area contributed by atoms with E-state index < -0.39 is 0 Å². The summed E-state index contributed by atoms with van der Waals surface area (Å²) < 4.78 is 5.68. The molecule has 6 heteroatoms. The van der Waals surface area contributed by atoms with Gasteiger partial charge in [-0.05, 0) is 50.1 Å². The summed E-state index contributed by atoms with van der Waals surface area (Å²) in [6.07, 6.45) is 9.58. The Bertz CT molecular complexity index is 652. The van der Waals surface area contributed by atoms with Crippen molar-refractivity contribution in [3.8, 4) is 5.75 Å². The Hall–Kier alpha value is -2.47. The topological polar surface area (TPSA) is 74.2 Å². The maximum atomic E-state index is 10.6. The zero-order valence-corrected chi connectivity index (χ0v) is 18.2. The fourth-order valence-electron chi connectivity index (χ4n) is 1.98. The van der Waals surface area contributed by atoms with Gasteiger partial charge in [0.2, 0.25) is 0 Å². The minimum absolute atomic E-state index is 0.233. The molecule has 1 aromatic rings. The number of hydrogen-bond donors (Lipinski definition) is 3. The highest BCUT2D eigenvalue weighted by Gasteiger charge is 2.00. The fraction of sp³-hybridized carbons (Fsp3) is 0.364. The predicted octanol–water partition coefficient (Wildman–Crippen LogP) is 4.81. The molecule has 0 bridgehead atoms. The van der Waals surface area contributed by atoms with E-state index in [1.54, 1.807) is 0 Å². The van der Waals surface area contributed by atoms with Crippen LogP contribution < -0.4 is 15.4 Å². The van der Waals surface area contributed by atoms with Gasteiger partial charge in [0.15, 0.2) is 0 Å². The van der Waals surface area contributed by atoms with Gasteiger partial charge in [0.1, 0.15) is 5.75 Å². The summed E-state index contributed by atoms with van der Waals surface area (Å²) >= 11 is 0.999. The van der Waals surface area contributed by atoms with E-state index in [1.807, 2.05) is 25.4 Å². The van der Waals surface area contributed by atoms with E-state index in [9.17, 15) is 4.79 Å². The second-order valence-corrected chi connectivity index (χ2v) is 6.77. The van der Waals surface area contributed by atoms with E-state index in [1.165, 1.54) is 18.2 Å². The van der Waals surface area contributed by atoms with E-state index >= 15 is 0 Å². The van der Waals surface area contributed by atoms with Gasteiger partial charge in [-0.25, -0.2) is 0 Å². The molecular formula is C22H33N3O2S. The van der Waals surface area contributed by atoms with E-state index in [0.29, 0.717) is 4.91 Å². The molecule has 0 aliphatic rings. The number of hydrogen-bond acceptors (Lipinski definition) is 5. The quantitative estimate of drug-likeness (QED) is 0.163. The minimum Gasteiger partial charge on any atom is -0.494 e. The Morgan fingerprint density at radius 1 is 1.29 bits per heavy atom. The lowest BCUT2D eigenvalue weighted by atomic mass is 10.2. The van der Waals surface area contributed by atoms with E-state index in [4.69, 9.17) is 10.1 Å². The maximum absolute atomic E-state index is 10.6. The lowest BCUT2D eigenvalue weighted by Gasteiger charge is -2.05. The van der Waals surface area contributed by atoms with Crippen molar-refractivity contribution < 1.29 is 9.53 Å². The van der Waals surface area contributed by atoms with Crippen LogP contribution in [0.2, 0.25) is 0 Å². The average Bonchev–Trinajstić information content (AvgIpc) is 2.71. The van der Waals surface area contributed by atoms with Crippen LogP contribution in [0, 0.1) is 12.3 Å². The standard InChI is InChI=1S/C17H25NO.C5H8N2OS/c1-4-16(14-18-3)8-6-5-7-13-19-17-11-9-15(2)10-12-17;1-4(9-3-6)5(8)7-2/h6,8-12,14,18H,4-5,7,13H2,1-3H3;3,6H,1H2,2H3,(H,7,8)/b8-6-,16-14-;. The summed E-state index contributed by atoms with van der Waals surface area (Å²) in [4.78, 5) is 10.9. The molecule has 0 fully saturated rings. The molecule has 0 unspecified atom stereocenters. The van der Waals surface area contributed by atoms with Crippen molar-refractivity contribution in [1.82, 2.24) is 10.6 Å². The van der Waals surface area contributed by atoms with Crippen LogP contribution >= 0.6 is 11.8 Å². The number of carbonyl (C=O) groups is 1. The van der Waals surface area contributed by atoms with Crippen molar-refractivity contribution in [2.45, 2.75) is 33.1 Å². The highest BCUT2D eigenvalue weighted by atomic mass is 32.2. The third-order valence-corrected chi connectivity index (χ3v) is 4.14. The Balaban J connectivity index is 0.000000684. The van der Waals surface area contributed by atoms with Gasteiger partial charge in [-0.3, -0.25) is 4.79 Å². The first kappa shape index (κ1) is 25.5. The van der Waals surface area contributed by atoms with Gasteiger partial charge in [-0.2, -0.15) is 0 Å². The third kappa shape index (κ3) is 12.8. The number of thioether (sulfide) groups is 1. The first-order valence-electron chi connectivity index (χ1n) is 9.27. The van der Waals surface area contributed by atoms with Crippen molar-refractivity contribution in [1.29, 1.82) is 5.41 Å². The van der Waals surface area contributed by atoms with Crippen LogP contribution in [0.3, 0.4) is 0 Å². The zero-order chi connectivity index (χ0) is 21.2. The van der Waals surface area contributed by atoms with E-state index in [2.05, 4.69) is 55.3 Å². The van der Waals surface area contributed by atoms with Gasteiger partial charge >= 0.3 is 0 Å². The fourth-order valence-corrected chi connectivity index (χ4v) is 2.33. The Morgan fingerprint density at radius 2 is 1.96 bits per heavy atom. The third-order valence-electron chi connectivity index (χ3n) is 3.56. The van der Waals surface area contributed by atoms with Crippen molar-refractivity contribution in [2.75, 3.05) is 20.7 Å². The molecule has 0 saturated carbocycles. The first-order chi connectivity index (χ1) is 13.5. The van der Waals surface area contributed by atoms with Crippen molar-refractivity contribution in [3.63, 3.8) is 0 Å². The number of rotatable bonds is 11. The zero-order valence-electron chi connectivity index (χ0n) is 17.4. The van der Waals surface area contributed by atoms with Gasteiger partial charge in [0.25, 0.3) is 5.91 Å². The first-order valence-corrected chi connectivity index (χ1v) is 10.1. The monoisotopic (exact) mass is 403 g/mol. The number of amides is 1. The van der Waals surface area contributed by atoms with Gasteiger partial charge in [0.05, 0.1) is 17.1 Å². The average molecular weight is 404 g/mol. The number of nitrogens with one attached hydrogen (secondary N) is 3. The number of allylic oxidation sites excluding steroid dienone is 3. The molecule has 0 spiro atoms. The summed E-state index contributed by atoms with van der Waals surface area (Å²) in [6.45, 7) is 8.43. The molecule has 5 nitrogen and oxygen atoms in total. The molecule has 0 aliphatic carbocycles. The van der Waals surface area contributed by atoms with Crippen molar-refractivity contribution >= 4 is 23.2 Å². The van der Waals surface area contributed by atoms with Crippen LogP contribution in [-0.2, 0) is 4.79 Å². The molecule has 0 saturated heterocycles. The van der Waals surface area contributed by atoms with Crippen LogP contribution in [0.5, 0.6) is 5.75 Å². The lowest BCUT2D eigenvalue weighted by Crippen LogP contribution is -2.17. The minimum atomic E-state index is -0.233. The largest absolute Gasteiger partial charge is 0.494 e. The molecule has 1 rings (SSSR count). The second-order valence-electron chi connectivity index (χ2n) is 5.81. The highest BCUT2D eigenvalue weighted by Crippen LogP contribution is 2.12. The summed E-state index contributed by atoms with van der Waals surface area (Å²) in [5.74, 6) is 0.724. The molecule has 0 radical (unpaired) electrons. The molecule has 0 atom stereocenters. The van der Waals surface area contributed by atoms with Crippen molar-refractivity contribution in [2.24, 2.45) is 0 Å². The molecule has 154 valence electrons. The molecule has 1 aromatic carbocycles. The molecule has 0 aliphatic heterocycles. The number of benzene rings is 1. The summed E-state index contributed by atoms with van der Waals surface area (Å²) in [6, 6.07) is 8.20. The summed E-state index contributed by atoms with van der Waals surface area (Å²) in [5.41, 5.74) is 3.65.